The molecule has 2 rings (SSSR count). The number of para-hydroxylation sites is 1. The van der Waals surface area contributed by atoms with Gasteiger partial charge in [0.2, 0.25) is 0 Å². The number of benzene rings is 1. The molecule has 92 valence electrons. The number of nitrogens with zero attached hydrogens (tertiary/aromatic N) is 1. The first-order chi connectivity index (χ1) is 8.04. The summed E-state index contributed by atoms with van der Waals surface area (Å²) in [5.74, 6) is 0. The van der Waals surface area contributed by atoms with Crippen molar-refractivity contribution in [2.45, 2.75) is 32.4 Å². The van der Waals surface area contributed by atoms with Gasteiger partial charge in [0.1, 0.15) is 0 Å². The fourth-order valence-corrected chi connectivity index (χ4v) is 1.67. The zero-order valence-electron chi connectivity index (χ0n) is 10.7. The molecule has 4 heteroatoms. The Hall–Kier alpha value is -1.55. The topological polar surface area (TPSA) is 49.9 Å². The van der Waals surface area contributed by atoms with Crippen LogP contribution >= 0.6 is 0 Å². The number of fused-ring (bicyclic) bond motifs is 1. The number of aromatic nitrogens is 2. The maximum Gasteiger partial charge on any atom is 0.0881 e. The Morgan fingerprint density at radius 1 is 1.41 bits per heavy atom. The molecule has 1 aromatic carbocycles. The molecule has 4 nitrogen and oxygen atoms in total. The Balaban J connectivity index is 2.27. The van der Waals surface area contributed by atoms with Crippen LogP contribution in [0.2, 0.25) is 0 Å². The molecule has 1 unspecified atom stereocenters. The molecule has 1 heterocycles. The van der Waals surface area contributed by atoms with E-state index in [1.807, 2.05) is 24.4 Å². The van der Waals surface area contributed by atoms with Crippen LogP contribution in [0.1, 0.15) is 20.8 Å². The van der Waals surface area contributed by atoms with Gasteiger partial charge in [-0.2, -0.15) is 5.10 Å². The van der Waals surface area contributed by atoms with Gasteiger partial charge in [0.05, 0.1) is 29.0 Å². The molecular formula is C13H19N3O. The molecule has 1 atom stereocenters. The summed E-state index contributed by atoms with van der Waals surface area (Å²) in [6.07, 6.45) is 1.83. The van der Waals surface area contributed by atoms with Gasteiger partial charge in [0.25, 0.3) is 0 Å². The van der Waals surface area contributed by atoms with Crippen LogP contribution in [-0.2, 0) is 4.74 Å². The summed E-state index contributed by atoms with van der Waals surface area (Å²) >= 11 is 0. The van der Waals surface area contributed by atoms with Crippen LogP contribution < -0.4 is 5.32 Å². The second-order valence-electron chi connectivity index (χ2n) is 4.81. The van der Waals surface area contributed by atoms with Crippen LogP contribution in [0.15, 0.2) is 24.4 Å². The minimum atomic E-state index is -0.220. The van der Waals surface area contributed by atoms with E-state index in [1.165, 1.54) is 0 Å². The third kappa shape index (κ3) is 2.26. The summed E-state index contributed by atoms with van der Waals surface area (Å²) in [4.78, 5) is 0. The Kier molecular flexibility index (Phi) is 3.07. The first kappa shape index (κ1) is 11.9. The molecule has 1 aromatic heterocycles. The van der Waals surface area contributed by atoms with E-state index < -0.39 is 0 Å². The number of H-pyrrole nitrogens is 1. The van der Waals surface area contributed by atoms with Gasteiger partial charge in [-0.25, -0.2) is 0 Å². The molecule has 0 amide bonds. The van der Waals surface area contributed by atoms with Crippen molar-refractivity contribution >= 4 is 16.6 Å². The third-order valence-corrected chi connectivity index (χ3v) is 3.42. The highest BCUT2D eigenvalue weighted by atomic mass is 16.5. The summed E-state index contributed by atoms with van der Waals surface area (Å²) < 4.78 is 5.48. The number of nitrogens with one attached hydrogen (secondary N) is 2. The van der Waals surface area contributed by atoms with Crippen LogP contribution in [0.3, 0.4) is 0 Å². The van der Waals surface area contributed by atoms with Crippen LogP contribution in [0.25, 0.3) is 10.9 Å². The van der Waals surface area contributed by atoms with Crippen molar-refractivity contribution in [3.05, 3.63) is 24.4 Å². The van der Waals surface area contributed by atoms with Gasteiger partial charge in [-0.05, 0) is 26.8 Å². The van der Waals surface area contributed by atoms with E-state index in [1.54, 1.807) is 7.11 Å². The van der Waals surface area contributed by atoms with E-state index in [-0.39, 0.29) is 11.6 Å². The van der Waals surface area contributed by atoms with Crippen LogP contribution in [0.5, 0.6) is 0 Å². The molecule has 0 fully saturated rings. The quantitative estimate of drug-likeness (QED) is 0.853. The lowest BCUT2D eigenvalue weighted by atomic mass is 10.00. The molecule has 0 aliphatic rings. The molecule has 0 saturated heterocycles. The molecule has 0 aliphatic heterocycles. The third-order valence-electron chi connectivity index (χ3n) is 3.42. The van der Waals surface area contributed by atoms with Crippen molar-refractivity contribution in [3.63, 3.8) is 0 Å². The molecule has 0 radical (unpaired) electrons. The van der Waals surface area contributed by atoms with E-state index in [2.05, 4.69) is 36.3 Å². The molecule has 2 aromatic rings. The lowest BCUT2D eigenvalue weighted by Gasteiger charge is -2.31. The van der Waals surface area contributed by atoms with Gasteiger partial charge in [-0.15, -0.1) is 0 Å². The predicted molar refractivity (Wildman–Crippen MR) is 70.3 cm³/mol. The highest BCUT2D eigenvalue weighted by Gasteiger charge is 2.25. The van der Waals surface area contributed by atoms with Crippen LogP contribution in [0, 0.1) is 0 Å². The fourth-order valence-electron chi connectivity index (χ4n) is 1.67. The summed E-state index contributed by atoms with van der Waals surface area (Å²) in [5.41, 5.74) is 1.87. The van der Waals surface area contributed by atoms with Crippen molar-refractivity contribution in [2.24, 2.45) is 0 Å². The van der Waals surface area contributed by atoms with Crippen molar-refractivity contribution < 1.29 is 4.74 Å². The molecule has 2 N–H and O–H groups in total. The molecule has 0 bridgehead atoms. The van der Waals surface area contributed by atoms with Crippen LogP contribution in [0.4, 0.5) is 5.69 Å². The van der Waals surface area contributed by atoms with Crippen LogP contribution in [-0.4, -0.2) is 29.0 Å². The lowest BCUT2D eigenvalue weighted by Crippen LogP contribution is -2.41. The van der Waals surface area contributed by atoms with E-state index >= 15 is 0 Å². The summed E-state index contributed by atoms with van der Waals surface area (Å²) in [6.45, 7) is 6.24. The lowest BCUT2D eigenvalue weighted by molar-refractivity contribution is 0.0108. The van der Waals surface area contributed by atoms with Gasteiger partial charge in [-0.1, -0.05) is 12.1 Å². The number of hydrogen-bond donors (Lipinski definition) is 2. The zero-order chi connectivity index (χ0) is 12.5. The van der Waals surface area contributed by atoms with Crippen molar-refractivity contribution in [1.29, 1.82) is 0 Å². The van der Waals surface area contributed by atoms with E-state index in [9.17, 15) is 0 Å². The van der Waals surface area contributed by atoms with E-state index in [0.717, 1.165) is 16.6 Å². The Labute approximate surface area is 101 Å². The molecule has 17 heavy (non-hydrogen) atoms. The smallest absolute Gasteiger partial charge is 0.0881 e. The first-order valence-corrected chi connectivity index (χ1v) is 5.78. The van der Waals surface area contributed by atoms with E-state index in [0.29, 0.717) is 0 Å². The van der Waals surface area contributed by atoms with Gasteiger partial charge < -0.3 is 10.1 Å². The van der Waals surface area contributed by atoms with Crippen molar-refractivity contribution in [3.8, 4) is 0 Å². The zero-order valence-corrected chi connectivity index (χ0v) is 10.7. The Bertz CT molecular complexity index is 504. The van der Waals surface area contributed by atoms with Crippen molar-refractivity contribution in [1.82, 2.24) is 10.2 Å². The summed E-state index contributed by atoms with van der Waals surface area (Å²) in [7, 11) is 1.73. The number of methoxy groups -OCH3 is 1. The number of rotatable bonds is 4. The number of ether oxygens (including phenoxy) is 1. The summed E-state index contributed by atoms with van der Waals surface area (Å²) in [5, 5.41) is 11.6. The van der Waals surface area contributed by atoms with Gasteiger partial charge >= 0.3 is 0 Å². The standard InChI is InChI=1S/C13H19N3O/c1-9(13(2,3)17-4)15-11-7-5-6-10-8-14-16-12(10)11/h5-9,15H,1-4H3,(H,14,16). The normalized spacial score (nSPS) is 13.9. The molecule has 0 aliphatic carbocycles. The minimum absolute atomic E-state index is 0.196. The monoisotopic (exact) mass is 233 g/mol. The summed E-state index contributed by atoms with van der Waals surface area (Å²) in [6, 6.07) is 6.30. The number of anilines is 1. The minimum Gasteiger partial charge on any atom is -0.378 e. The van der Waals surface area contributed by atoms with Gasteiger partial charge in [-0.3, -0.25) is 5.10 Å². The highest BCUT2D eigenvalue weighted by molar-refractivity contribution is 5.90. The largest absolute Gasteiger partial charge is 0.378 e. The second kappa shape index (κ2) is 4.37. The average Bonchev–Trinajstić information content (AvgIpc) is 2.78. The molecular weight excluding hydrogens is 214 g/mol. The average molecular weight is 233 g/mol. The van der Waals surface area contributed by atoms with Crippen molar-refractivity contribution in [2.75, 3.05) is 12.4 Å². The predicted octanol–water partition coefficient (Wildman–Crippen LogP) is 2.79. The van der Waals surface area contributed by atoms with Gasteiger partial charge in [0, 0.05) is 12.5 Å². The molecule has 0 spiro atoms. The maximum absolute atomic E-state index is 5.48. The molecule has 0 saturated carbocycles. The van der Waals surface area contributed by atoms with Gasteiger partial charge in [0.15, 0.2) is 0 Å². The number of hydrogen-bond acceptors (Lipinski definition) is 3. The maximum atomic E-state index is 5.48. The SMILES string of the molecule is COC(C)(C)C(C)Nc1cccc2cn[nH]c12. The highest BCUT2D eigenvalue weighted by Crippen LogP contribution is 2.24. The Morgan fingerprint density at radius 2 is 2.18 bits per heavy atom. The van der Waals surface area contributed by atoms with E-state index in [4.69, 9.17) is 4.74 Å². The number of aromatic amines is 1. The Morgan fingerprint density at radius 3 is 2.88 bits per heavy atom. The fraction of sp³-hybridized carbons (Fsp3) is 0.462. The first-order valence-electron chi connectivity index (χ1n) is 5.78. The second-order valence-corrected chi connectivity index (χ2v) is 4.81.